The Morgan fingerprint density at radius 2 is 1.65 bits per heavy atom. The summed E-state index contributed by atoms with van der Waals surface area (Å²) in [6, 6.07) is 21.7. The van der Waals surface area contributed by atoms with Crippen LogP contribution in [0.1, 0.15) is 64.2 Å². The van der Waals surface area contributed by atoms with Crippen LogP contribution in [-0.4, -0.2) is 42.2 Å². The van der Waals surface area contributed by atoms with Gasteiger partial charge in [-0.3, -0.25) is 0 Å². The number of para-hydroxylation sites is 1. The minimum absolute atomic E-state index is 0.241. The second-order valence-corrected chi connectivity index (χ2v) is 11.3. The predicted octanol–water partition coefficient (Wildman–Crippen LogP) is 6.73. The van der Waals surface area contributed by atoms with E-state index in [0.29, 0.717) is 36.6 Å². The zero-order valence-corrected chi connectivity index (χ0v) is 28.7. The molecule has 1 fully saturated rings. The molecule has 1 aromatic heterocycles. The monoisotopic (exact) mass is 628 g/mol. The number of hydrogen-bond donors (Lipinski definition) is 4. The topological polar surface area (TPSA) is 125 Å². The van der Waals surface area contributed by atoms with Crippen LogP contribution < -0.4 is 32.0 Å². The fourth-order valence-corrected chi connectivity index (χ4v) is 4.70. The fraction of sp³-hybridized carbons (Fsp3) is 0.395. The summed E-state index contributed by atoms with van der Waals surface area (Å²) in [5, 5.41) is 3.31. The van der Waals surface area contributed by atoms with E-state index in [1.165, 1.54) is 5.56 Å². The van der Waals surface area contributed by atoms with Crippen molar-refractivity contribution in [3.63, 3.8) is 0 Å². The Bertz CT molecular complexity index is 1340. The second-order valence-electron chi connectivity index (χ2n) is 11.3. The summed E-state index contributed by atoms with van der Waals surface area (Å²) in [7, 11) is 0. The molecule has 46 heavy (non-hydrogen) atoms. The smallest absolute Gasteiger partial charge is 0.213 e. The van der Waals surface area contributed by atoms with Crippen LogP contribution in [0, 0.1) is 12.8 Å². The van der Waals surface area contributed by atoms with Gasteiger partial charge in [-0.2, -0.15) is 0 Å². The summed E-state index contributed by atoms with van der Waals surface area (Å²) < 4.78 is 11.8. The van der Waals surface area contributed by atoms with Crippen molar-refractivity contribution in [2.75, 3.05) is 26.2 Å². The van der Waals surface area contributed by atoms with Gasteiger partial charge in [-0.15, -0.1) is 0 Å². The molecule has 0 saturated carbocycles. The van der Waals surface area contributed by atoms with Gasteiger partial charge in [0.15, 0.2) is 0 Å². The van der Waals surface area contributed by atoms with E-state index in [2.05, 4.69) is 35.1 Å². The summed E-state index contributed by atoms with van der Waals surface area (Å²) in [4.78, 5) is 6.37. The predicted molar refractivity (Wildman–Crippen MR) is 193 cm³/mol. The van der Waals surface area contributed by atoms with Crippen LogP contribution in [0.15, 0.2) is 103 Å². The molecule has 2 aromatic carbocycles. The number of benzene rings is 2. The zero-order valence-electron chi connectivity index (χ0n) is 28.7. The molecule has 1 aliphatic rings. The molecule has 0 amide bonds. The maximum Gasteiger partial charge on any atom is 0.213 e. The highest BCUT2D eigenvalue weighted by atomic mass is 16.5. The van der Waals surface area contributed by atoms with Gasteiger partial charge < -0.3 is 36.9 Å². The Kier molecular flexibility index (Phi) is 17.5. The Morgan fingerprint density at radius 1 is 0.978 bits per heavy atom. The highest BCUT2D eigenvalue weighted by molar-refractivity contribution is 5.70. The third-order valence-corrected chi connectivity index (χ3v) is 6.97. The largest absolute Gasteiger partial charge is 0.488 e. The lowest BCUT2D eigenvalue weighted by atomic mass is 10.1. The molecule has 4 rings (SSSR count). The van der Waals surface area contributed by atoms with Crippen LogP contribution in [0.4, 0.5) is 0 Å². The van der Waals surface area contributed by atoms with E-state index in [9.17, 15) is 0 Å². The molecule has 8 heteroatoms. The molecule has 0 unspecified atom stereocenters. The lowest BCUT2D eigenvalue weighted by Crippen LogP contribution is -2.34. The van der Waals surface area contributed by atoms with Gasteiger partial charge >= 0.3 is 0 Å². The Balaban J connectivity index is 0.000000381. The lowest BCUT2D eigenvalue weighted by molar-refractivity contribution is 0.156. The third-order valence-electron chi connectivity index (χ3n) is 6.97. The van der Waals surface area contributed by atoms with Gasteiger partial charge in [-0.25, -0.2) is 4.98 Å². The average Bonchev–Trinajstić information content (AvgIpc) is 3.07. The lowest BCUT2D eigenvalue weighted by Gasteiger charge is -2.27. The summed E-state index contributed by atoms with van der Waals surface area (Å²) in [5.74, 6) is 2.16. The first-order chi connectivity index (χ1) is 22.3. The molecule has 0 radical (unpaired) electrons. The van der Waals surface area contributed by atoms with Gasteiger partial charge in [0.2, 0.25) is 5.88 Å². The minimum atomic E-state index is 0.241. The number of piperidine rings is 1. The molecule has 0 atom stereocenters. The summed E-state index contributed by atoms with van der Waals surface area (Å²) in [5.41, 5.74) is 22.9. The van der Waals surface area contributed by atoms with Gasteiger partial charge in [0.05, 0.1) is 5.70 Å². The highest BCUT2D eigenvalue weighted by Crippen LogP contribution is 2.26. The van der Waals surface area contributed by atoms with Crippen molar-refractivity contribution in [1.29, 1.82) is 0 Å². The molecule has 8 nitrogen and oxygen atoms in total. The van der Waals surface area contributed by atoms with E-state index in [-0.39, 0.29) is 5.82 Å². The first kappa shape index (κ1) is 37.8. The first-order valence-electron chi connectivity index (χ1n) is 16.4. The summed E-state index contributed by atoms with van der Waals surface area (Å²) >= 11 is 0. The van der Waals surface area contributed by atoms with Gasteiger partial charge in [-0.1, -0.05) is 88.4 Å². The summed E-state index contributed by atoms with van der Waals surface area (Å²) in [6.07, 6.45) is 10.3. The number of nitrogens with two attached hydrogens (primary N) is 3. The number of hydrogen-bond acceptors (Lipinski definition) is 8. The van der Waals surface area contributed by atoms with Crippen molar-refractivity contribution in [1.82, 2.24) is 15.2 Å². The van der Waals surface area contributed by atoms with Gasteiger partial charge in [0.25, 0.3) is 0 Å². The number of aryl methyl sites for hydroxylation is 1. The van der Waals surface area contributed by atoms with E-state index >= 15 is 0 Å². The first-order valence-corrected chi connectivity index (χ1v) is 16.4. The number of nitrogens with zero attached hydrogens (tertiary/aromatic N) is 2. The molecule has 0 aliphatic carbocycles. The molecule has 2 heterocycles. The van der Waals surface area contributed by atoms with Crippen LogP contribution >= 0.6 is 0 Å². The van der Waals surface area contributed by atoms with Crippen molar-refractivity contribution >= 4 is 5.70 Å². The van der Waals surface area contributed by atoms with E-state index in [1.807, 2.05) is 113 Å². The van der Waals surface area contributed by atoms with Crippen molar-refractivity contribution < 1.29 is 9.47 Å². The van der Waals surface area contributed by atoms with Gasteiger partial charge in [-0.05, 0) is 75.0 Å². The van der Waals surface area contributed by atoms with Crippen LogP contribution in [0.2, 0.25) is 0 Å². The van der Waals surface area contributed by atoms with Crippen LogP contribution in [0.25, 0.3) is 5.70 Å². The molecular formula is C38H56N6O2. The molecule has 1 aliphatic heterocycles. The van der Waals surface area contributed by atoms with E-state index < -0.39 is 0 Å². The number of pyridine rings is 1. The zero-order chi connectivity index (χ0) is 33.7. The second kappa shape index (κ2) is 21.3. The van der Waals surface area contributed by atoms with E-state index in [0.717, 1.165) is 55.2 Å². The molecule has 1 saturated heterocycles. The van der Waals surface area contributed by atoms with E-state index in [4.69, 9.17) is 26.7 Å². The highest BCUT2D eigenvalue weighted by Gasteiger charge is 2.15. The number of allylic oxidation sites excluding steroid dienone is 2. The molecule has 3 aromatic rings. The van der Waals surface area contributed by atoms with Crippen molar-refractivity contribution in [3.8, 4) is 11.6 Å². The number of aromatic nitrogens is 1. The molecule has 0 bridgehead atoms. The number of ether oxygens (including phenoxy) is 2. The summed E-state index contributed by atoms with van der Waals surface area (Å²) in [6.45, 7) is 16.4. The standard InChI is InChI=1S/C25H34N4O.C11H16N2O.C2H6/c1-4-5-15-29(17-19(2)3)23(25(27)28)16-22(26)21-13-9-10-14-24(21)30-18-20-11-7-6-8-12-20;1-9-2-3-11(13-8-9)14-10-4-6-12-7-5-10;1-2/h4-14,16,19H,15,17-18,26-28H2,1-3H3;2-3,8,10,12H,4-7H2,1H3;1-2H3/b5-4-,22-16-;;. The minimum Gasteiger partial charge on any atom is -0.488 e. The van der Waals surface area contributed by atoms with Gasteiger partial charge in [0.1, 0.15) is 24.3 Å². The third kappa shape index (κ3) is 13.7. The Labute approximate surface area is 277 Å². The van der Waals surface area contributed by atoms with Crippen LogP contribution in [0.3, 0.4) is 0 Å². The van der Waals surface area contributed by atoms with Crippen LogP contribution in [-0.2, 0) is 6.61 Å². The van der Waals surface area contributed by atoms with Crippen molar-refractivity contribution in [2.24, 2.45) is 23.1 Å². The fourth-order valence-electron chi connectivity index (χ4n) is 4.70. The molecular weight excluding hydrogens is 572 g/mol. The number of rotatable bonds is 12. The maximum atomic E-state index is 6.49. The SMILES string of the molecule is C/C=C\CN(CC(C)C)C(/C=C(\N)c1ccccc1OCc1ccccc1)=C(N)N.CC.Cc1ccc(OC2CCNCC2)nc1. The van der Waals surface area contributed by atoms with Crippen molar-refractivity contribution in [2.45, 2.75) is 67.1 Å². The van der Waals surface area contributed by atoms with Crippen molar-refractivity contribution in [3.05, 3.63) is 119 Å². The molecule has 7 N–H and O–H groups in total. The number of nitrogens with one attached hydrogen (secondary N) is 1. The Morgan fingerprint density at radius 3 is 2.26 bits per heavy atom. The molecule has 0 spiro atoms. The van der Waals surface area contributed by atoms with Crippen LogP contribution in [0.5, 0.6) is 11.6 Å². The normalized spacial score (nSPS) is 13.2. The average molecular weight is 629 g/mol. The molecule has 250 valence electrons. The quantitative estimate of drug-likeness (QED) is 0.129. The Hall–Kier alpha value is -4.43. The van der Waals surface area contributed by atoms with Gasteiger partial charge in [0, 0.05) is 36.6 Å². The maximum absolute atomic E-state index is 6.49. The van der Waals surface area contributed by atoms with E-state index in [1.54, 1.807) is 0 Å².